The summed E-state index contributed by atoms with van der Waals surface area (Å²) in [5.74, 6) is 0.348. The molecular formula is C43H60N2O5. The number of phenolic OH excluding ortho intramolecular Hbond substituents is 3. The van der Waals surface area contributed by atoms with E-state index < -0.39 is 0 Å². The molecule has 2 aromatic carbocycles. The van der Waals surface area contributed by atoms with Crippen LogP contribution in [0.15, 0.2) is 47.6 Å². The molecule has 0 fully saturated rings. The second-order valence-electron chi connectivity index (χ2n) is 15.6. The quantitative estimate of drug-likeness (QED) is 0.178. The van der Waals surface area contributed by atoms with Gasteiger partial charge in [-0.15, -0.1) is 0 Å². The van der Waals surface area contributed by atoms with Crippen molar-refractivity contribution >= 4 is 11.8 Å². The smallest absolute Gasteiger partial charge is 0.255 e. The zero-order chi connectivity index (χ0) is 37.1. The molecule has 7 nitrogen and oxygen atoms in total. The van der Waals surface area contributed by atoms with E-state index in [1.165, 1.54) is 16.7 Å². The van der Waals surface area contributed by atoms with Crippen LogP contribution >= 0.6 is 0 Å². The molecule has 272 valence electrons. The highest BCUT2D eigenvalue weighted by molar-refractivity contribution is 5.99. The van der Waals surface area contributed by atoms with Crippen molar-refractivity contribution in [2.45, 2.75) is 118 Å². The zero-order valence-electron chi connectivity index (χ0n) is 31.8. The first kappa shape index (κ1) is 38.8. The molecule has 4 atom stereocenters. The van der Waals surface area contributed by atoms with Crippen molar-refractivity contribution in [3.05, 3.63) is 86.5 Å². The van der Waals surface area contributed by atoms with Crippen LogP contribution in [0.4, 0.5) is 0 Å². The van der Waals surface area contributed by atoms with Crippen LogP contribution in [0.5, 0.6) is 17.2 Å². The summed E-state index contributed by atoms with van der Waals surface area (Å²) >= 11 is 0. The summed E-state index contributed by atoms with van der Waals surface area (Å²) < 4.78 is 0. The molecule has 0 aliphatic heterocycles. The van der Waals surface area contributed by atoms with E-state index in [9.17, 15) is 24.9 Å². The van der Waals surface area contributed by atoms with Gasteiger partial charge in [-0.05, 0) is 106 Å². The molecule has 2 amide bonds. The van der Waals surface area contributed by atoms with Crippen LogP contribution < -0.4 is 10.6 Å². The lowest BCUT2D eigenvalue weighted by Crippen LogP contribution is -2.38. The third-order valence-electron chi connectivity index (χ3n) is 11.3. The molecule has 0 spiro atoms. The van der Waals surface area contributed by atoms with Crippen LogP contribution in [0.2, 0.25) is 0 Å². The standard InChI is InChI=1S/C22H31NO2.C21H29NO3/c1-6-7-14-11-15-12-22(3,4)17-9-8-13(2)10-16(17)18(15)20(24)19(14)21(25)23-5;1-6-7-14-11-17(23)19(20(24)18(14)21(25)22-5)16-10-13(4)8-9-15(16)12(2)3/h10-11,16-17,24H,6-9,12H2,1-5H3,(H,23,25);10-11,15-16,23-24H,2,6-9H2,1,3-5H3,(H,22,25)/t16-,17-;15-,16+/m10/s1. The van der Waals surface area contributed by atoms with Gasteiger partial charge in [0.25, 0.3) is 11.8 Å². The SMILES string of the molecule is C=C(C)[C@@H]1CCC(C)=C[C@H]1c1c(O)cc(CCC)c(C(=O)NC)c1O.CCCc1cc2c(c(O)c1C(=O)NC)[C@@H]1C=C(C)CC[C@H]1C(C)(C)C2. The van der Waals surface area contributed by atoms with E-state index in [4.69, 9.17) is 0 Å². The summed E-state index contributed by atoms with van der Waals surface area (Å²) in [4.78, 5) is 24.9. The lowest BCUT2D eigenvalue weighted by molar-refractivity contribution is 0.0950. The predicted molar refractivity (Wildman–Crippen MR) is 203 cm³/mol. The summed E-state index contributed by atoms with van der Waals surface area (Å²) in [6.07, 6.45) is 12.8. The van der Waals surface area contributed by atoms with Crippen LogP contribution in [-0.2, 0) is 19.3 Å². The van der Waals surface area contributed by atoms with Gasteiger partial charge in [0, 0.05) is 37.1 Å². The number of hydrogen-bond acceptors (Lipinski definition) is 5. The van der Waals surface area contributed by atoms with Crippen molar-refractivity contribution in [1.29, 1.82) is 0 Å². The maximum Gasteiger partial charge on any atom is 0.255 e. The number of benzene rings is 2. The van der Waals surface area contributed by atoms with E-state index in [1.807, 2.05) is 13.8 Å². The first-order valence-corrected chi connectivity index (χ1v) is 18.5. The van der Waals surface area contributed by atoms with Gasteiger partial charge in [-0.25, -0.2) is 0 Å². The van der Waals surface area contributed by atoms with Crippen molar-refractivity contribution in [1.82, 2.24) is 10.6 Å². The topological polar surface area (TPSA) is 119 Å². The van der Waals surface area contributed by atoms with Crippen LogP contribution in [0, 0.1) is 17.3 Å². The van der Waals surface area contributed by atoms with Crippen LogP contribution in [0.25, 0.3) is 0 Å². The summed E-state index contributed by atoms with van der Waals surface area (Å²) in [6.45, 7) is 19.1. The Bertz CT molecular complexity index is 1700. The number of carbonyl (C=O) groups is 2. The minimum Gasteiger partial charge on any atom is -0.507 e. The number of fused-ring (bicyclic) bond motifs is 3. The van der Waals surface area contributed by atoms with Gasteiger partial charge in [0.2, 0.25) is 0 Å². The number of amides is 2. The minimum atomic E-state index is -0.328. The highest BCUT2D eigenvalue weighted by Gasteiger charge is 2.44. The van der Waals surface area contributed by atoms with E-state index in [1.54, 1.807) is 20.2 Å². The van der Waals surface area contributed by atoms with E-state index in [2.05, 4.69) is 70.0 Å². The maximum absolute atomic E-state index is 12.5. The maximum atomic E-state index is 12.5. The summed E-state index contributed by atoms with van der Waals surface area (Å²) in [5, 5.41) is 38.1. The fourth-order valence-electron chi connectivity index (χ4n) is 8.82. The Morgan fingerprint density at radius 1 is 0.820 bits per heavy atom. The molecule has 5 N–H and O–H groups in total. The molecule has 5 rings (SSSR count). The van der Waals surface area contributed by atoms with E-state index >= 15 is 0 Å². The van der Waals surface area contributed by atoms with Gasteiger partial charge in [-0.2, -0.15) is 0 Å². The number of allylic oxidation sites excluding steroid dienone is 5. The molecule has 7 heteroatoms. The Morgan fingerprint density at radius 2 is 1.32 bits per heavy atom. The molecular weight excluding hydrogens is 624 g/mol. The Balaban J connectivity index is 0.000000225. The van der Waals surface area contributed by atoms with E-state index in [-0.39, 0.29) is 57.8 Å². The second kappa shape index (κ2) is 15.9. The van der Waals surface area contributed by atoms with Crippen LogP contribution in [0.1, 0.15) is 147 Å². The monoisotopic (exact) mass is 684 g/mol. The van der Waals surface area contributed by atoms with Gasteiger partial charge in [-0.3, -0.25) is 9.59 Å². The largest absolute Gasteiger partial charge is 0.507 e. The third kappa shape index (κ3) is 7.67. The van der Waals surface area contributed by atoms with Crippen molar-refractivity contribution in [3.63, 3.8) is 0 Å². The molecule has 0 radical (unpaired) electrons. The van der Waals surface area contributed by atoms with Gasteiger partial charge < -0.3 is 26.0 Å². The van der Waals surface area contributed by atoms with Gasteiger partial charge in [0.15, 0.2) is 0 Å². The molecule has 0 aromatic heterocycles. The average molecular weight is 685 g/mol. The number of phenols is 3. The number of nitrogens with one attached hydrogen (secondary N) is 2. The Kier molecular flexibility index (Phi) is 12.3. The Labute approximate surface area is 300 Å². The summed E-state index contributed by atoms with van der Waals surface area (Å²) in [6, 6.07) is 3.83. The highest BCUT2D eigenvalue weighted by atomic mass is 16.3. The number of hydrogen-bond donors (Lipinski definition) is 5. The molecule has 0 unspecified atom stereocenters. The zero-order valence-corrected chi connectivity index (χ0v) is 31.8. The fourth-order valence-corrected chi connectivity index (χ4v) is 8.82. The first-order chi connectivity index (χ1) is 23.6. The summed E-state index contributed by atoms with van der Waals surface area (Å²) in [5.41, 5.74) is 8.91. The fraction of sp³-hybridized carbons (Fsp3) is 0.535. The van der Waals surface area contributed by atoms with Gasteiger partial charge >= 0.3 is 0 Å². The number of aromatic hydroxyl groups is 3. The normalized spacial score (nSPS) is 22.1. The Morgan fingerprint density at radius 3 is 1.84 bits per heavy atom. The van der Waals surface area contributed by atoms with Crippen molar-refractivity contribution < 1.29 is 24.9 Å². The number of aryl methyl sites for hydroxylation is 2. The average Bonchev–Trinajstić information content (AvgIpc) is 3.04. The lowest BCUT2D eigenvalue weighted by Gasteiger charge is -2.47. The molecule has 0 saturated carbocycles. The molecule has 0 saturated heterocycles. The van der Waals surface area contributed by atoms with Crippen molar-refractivity contribution in [2.24, 2.45) is 17.3 Å². The molecule has 0 bridgehead atoms. The van der Waals surface area contributed by atoms with Crippen LogP contribution in [-0.4, -0.2) is 41.2 Å². The Hall–Kier alpha value is -4.00. The van der Waals surface area contributed by atoms with Crippen LogP contribution in [0.3, 0.4) is 0 Å². The molecule has 2 aromatic rings. The molecule has 3 aliphatic carbocycles. The highest BCUT2D eigenvalue weighted by Crippen LogP contribution is 2.55. The van der Waals surface area contributed by atoms with E-state index in [0.717, 1.165) is 68.1 Å². The van der Waals surface area contributed by atoms with Crippen molar-refractivity contribution in [3.8, 4) is 17.2 Å². The molecule has 0 heterocycles. The summed E-state index contributed by atoms with van der Waals surface area (Å²) in [7, 11) is 3.18. The van der Waals surface area contributed by atoms with E-state index in [0.29, 0.717) is 29.0 Å². The number of rotatable bonds is 8. The van der Waals surface area contributed by atoms with Gasteiger partial charge in [-0.1, -0.05) is 82.1 Å². The van der Waals surface area contributed by atoms with Gasteiger partial charge in [0.1, 0.15) is 17.2 Å². The van der Waals surface area contributed by atoms with Gasteiger partial charge in [0.05, 0.1) is 11.1 Å². The molecule has 3 aliphatic rings. The molecule has 50 heavy (non-hydrogen) atoms. The second-order valence-corrected chi connectivity index (χ2v) is 15.6. The first-order valence-electron chi connectivity index (χ1n) is 18.5. The minimum absolute atomic E-state index is 0.0517. The third-order valence-corrected chi connectivity index (χ3v) is 11.3. The number of carbonyl (C=O) groups excluding carboxylic acids is 2. The lowest BCUT2D eigenvalue weighted by atomic mass is 9.57. The predicted octanol–water partition coefficient (Wildman–Crippen LogP) is 9.15. The van der Waals surface area contributed by atoms with Crippen molar-refractivity contribution in [2.75, 3.05) is 14.1 Å².